The molecule has 0 spiro atoms. The molecule has 70 valence electrons. The molecule has 0 aliphatic rings. The maximum atomic E-state index is 8.30. The Bertz CT molecular complexity index is 150. The highest BCUT2D eigenvalue weighted by atomic mass is 14.9. The Hall–Kier alpha value is -0.550. The summed E-state index contributed by atoms with van der Waals surface area (Å²) in [5, 5.41) is 11.6. The van der Waals surface area contributed by atoms with Gasteiger partial charge in [-0.2, -0.15) is 5.26 Å². The van der Waals surface area contributed by atoms with Crippen LogP contribution in [0.4, 0.5) is 0 Å². The Morgan fingerprint density at radius 2 is 2.00 bits per heavy atom. The molecule has 12 heavy (non-hydrogen) atoms. The fourth-order valence-electron chi connectivity index (χ4n) is 0.769. The lowest BCUT2D eigenvalue weighted by Gasteiger charge is -2.27. The third-order valence-corrected chi connectivity index (χ3v) is 2.34. The van der Waals surface area contributed by atoms with Gasteiger partial charge in [0.15, 0.2) is 0 Å². The lowest BCUT2D eigenvalue weighted by Crippen LogP contribution is -2.30. The van der Waals surface area contributed by atoms with E-state index in [1.54, 1.807) is 0 Å². The maximum absolute atomic E-state index is 8.30. The lowest BCUT2D eigenvalue weighted by atomic mass is 9.82. The first kappa shape index (κ1) is 11.4. The van der Waals surface area contributed by atoms with Crippen LogP contribution in [-0.4, -0.2) is 13.1 Å². The van der Waals surface area contributed by atoms with Gasteiger partial charge in [-0.1, -0.05) is 27.7 Å². The van der Waals surface area contributed by atoms with Crippen LogP contribution in [0.25, 0.3) is 0 Å². The molecule has 0 aliphatic heterocycles. The second-order valence-electron chi connectivity index (χ2n) is 4.38. The summed E-state index contributed by atoms with van der Waals surface area (Å²) in [7, 11) is 0. The second-order valence-corrected chi connectivity index (χ2v) is 4.38. The van der Waals surface area contributed by atoms with Crippen LogP contribution in [-0.2, 0) is 0 Å². The van der Waals surface area contributed by atoms with Crippen LogP contribution >= 0.6 is 0 Å². The van der Waals surface area contributed by atoms with E-state index in [2.05, 4.69) is 39.1 Å². The molecule has 0 aromatic carbocycles. The highest BCUT2D eigenvalue weighted by molar-refractivity contribution is 4.74. The minimum Gasteiger partial charge on any atom is -0.315 e. The summed E-state index contributed by atoms with van der Waals surface area (Å²) in [6.45, 7) is 10.8. The van der Waals surface area contributed by atoms with Crippen molar-refractivity contribution >= 4 is 0 Å². The molecule has 0 radical (unpaired) electrons. The zero-order valence-corrected chi connectivity index (χ0v) is 8.65. The van der Waals surface area contributed by atoms with E-state index in [4.69, 9.17) is 5.26 Å². The predicted octanol–water partition coefficient (Wildman–Crippen LogP) is 2.17. The fourth-order valence-corrected chi connectivity index (χ4v) is 0.769. The molecule has 0 aliphatic carbocycles. The van der Waals surface area contributed by atoms with Crippen LogP contribution in [0.5, 0.6) is 0 Å². The van der Waals surface area contributed by atoms with Crippen molar-refractivity contribution < 1.29 is 0 Å². The normalized spacial score (nSPS) is 13.9. The Morgan fingerprint density at radius 3 is 2.42 bits per heavy atom. The van der Waals surface area contributed by atoms with Gasteiger partial charge in [-0.05, 0) is 17.9 Å². The van der Waals surface area contributed by atoms with E-state index in [-0.39, 0.29) is 0 Å². The summed E-state index contributed by atoms with van der Waals surface area (Å²) in [4.78, 5) is 0. The van der Waals surface area contributed by atoms with E-state index < -0.39 is 0 Å². The highest BCUT2D eigenvalue weighted by Crippen LogP contribution is 2.24. The van der Waals surface area contributed by atoms with Crippen molar-refractivity contribution in [3.8, 4) is 6.07 Å². The summed E-state index contributed by atoms with van der Waals surface area (Å²) < 4.78 is 0. The quantitative estimate of drug-likeness (QED) is 0.653. The second kappa shape index (κ2) is 5.16. The third-order valence-electron chi connectivity index (χ3n) is 2.34. The van der Waals surface area contributed by atoms with Crippen molar-refractivity contribution in [1.29, 1.82) is 5.26 Å². The summed E-state index contributed by atoms with van der Waals surface area (Å²) in [6.07, 6.45) is 0.608. The molecule has 2 heteroatoms. The number of rotatable bonds is 4. The first-order valence-electron chi connectivity index (χ1n) is 4.56. The van der Waals surface area contributed by atoms with Crippen molar-refractivity contribution in [2.75, 3.05) is 13.1 Å². The Labute approximate surface area is 76.0 Å². The van der Waals surface area contributed by atoms with Crippen LogP contribution in [0.2, 0.25) is 0 Å². The van der Waals surface area contributed by atoms with E-state index in [0.29, 0.717) is 17.8 Å². The van der Waals surface area contributed by atoms with Crippen LogP contribution in [0.3, 0.4) is 0 Å². The van der Waals surface area contributed by atoms with Gasteiger partial charge in [0.25, 0.3) is 0 Å². The number of nitrogens with zero attached hydrogens (tertiary/aromatic N) is 1. The molecule has 0 rings (SSSR count). The first-order chi connectivity index (χ1) is 5.48. The standard InChI is InChI=1S/C10H20N2/c1-9(10(2,3)4)8-12-7-5-6-11/h9,12H,5,7-8H2,1-4H3. The van der Waals surface area contributed by atoms with Gasteiger partial charge in [0.05, 0.1) is 6.07 Å². The molecule has 1 atom stereocenters. The molecule has 0 amide bonds. The van der Waals surface area contributed by atoms with Gasteiger partial charge in [0, 0.05) is 13.0 Å². The minimum atomic E-state index is 0.361. The molecule has 1 N–H and O–H groups in total. The molecule has 0 aromatic heterocycles. The zero-order chi connectivity index (χ0) is 9.61. The van der Waals surface area contributed by atoms with E-state index in [1.165, 1.54) is 0 Å². The van der Waals surface area contributed by atoms with Crippen molar-refractivity contribution in [3.05, 3.63) is 0 Å². The Morgan fingerprint density at radius 1 is 1.42 bits per heavy atom. The molecule has 0 saturated heterocycles. The van der Waals surface area contributed by atoms with Gasteiger partial charge >= 0.3 is 0 Å². The average molecular weight is 168 g/mol. The number of hydrogen-bond acceptors (Lipinski definition) is 2. The smallest absolute Gasteiger partial charge is 0.0635 e. The highest BCUT2D eigenvalue weighted by Gasteiger charge is 2.18. The topological polar surface area (TPSA) is 35.8 Å². The van der Waals surface area contributed by atoms with E-state index in [1.807, 2.05) is 0 Å². The molecular formula is C10H20N2. The summed E-state index contributed by atoms with van der Waals surface area (Å²) in [5.41, 5.74) is 0.361. The van der Waals surface area contributed by atoms with E-state index >= 15 is 0 Å². The molecule has 1 unspecified atom stereocenters. The maximum Gasteiger partial charge on any atom is 0.0635 e. The minimum absolute atomic E-state index is 0.361. The first-order valence-corrected chi connectivity index (χ1v) is 4.56. The van der Waals surface area contributed by atoms with Crippen LogP contribution in [0.15, 0.2) is 0 Å². The van der Waals surface area contributed by atoms with E-state index in [0.717, 1.165) is 13.1 Å². The van der Waals surface area contributed by atoms with Gasteiger partial charge < -0.3 is 5.32 Å². The van der Waals surface area contributed by atoms with Crippen LogP contribution < -0.4 is 5.32 Å². The van der Waals surface area contributed by atoms with Crippen molar-refractivity contribution in [2.24, 2.45) is 11.3 Å². The summed E-state index contributed by atoms with van der Waals surface area (Å²) in [5.74, 6) is 0.649. The average Bonchev–Trinajstić information content (AvgIpc) is 1.96. The number of nitrogens with one attached hydrogen (secondary N) is 1. The Kier molecular flexibility index (Phi) is 4.92. The molecule has 0 bridgehead atoms. The van der Waals surface area contributed by atoms with E-state index in [9.17, 15) is 0 Å². The van der Waals surface area contributed by atoms with Gasteiger partial charge in [0.2, 0.25) is 0 Å². The summed E-state index contributed by atoms with van der Waals surface area (Å²) in [6, 6.07) is 2.12. The predicted molar refractivity (Wildman–Crippen MR) is 51.7 cm³/mol. The SMILES string of the molecule is CC(CNCCC#N)C(C)(C)C. The lowest BCUT2D eigenvalue weighted by molar-refractivity contribution is 0.254. The largest absolute Gasteiger partial charge is 0.315 e. The summed E-state index contributed by atoms with van der Waals surface area (Å²) >= 11 is 0. The van der Waals surface area contributed by atoms with Gasteiger partial charge in [-0.3, -0.25) is 0 Å². The van der Waals surface area contributed by atoms with Crippen LogP contribution in [0.1, 0.15) is 34.1 Å². The van der Waals surface area contributed by atoms with Crippen LogP contribution in [0, 0.1) is 22.7 Å². The van der Waals surface area contributed by atoms with Gasteiger partial charge in [-0.25, -0.2) is 0 Å². The number of hydrogen-bond donors (Lipinski definition) is 1. The molecule has 0 aromatic rings. The zero-order valence-electron chi connectivity index (χ0n) is 8.65. The van der Waals surface area contributed by atoms with Crippen molar-refractivity contribution in [3.63, 3.8) is 0 Å². The van der Waals surface area contributed by atoms with Crippen molar-refractivity contribution in [1.82, 2.24) is 5.32 Å². The third kappa shape index (κ3) is 5.15. The molecule has 0 fully saturated rings. The van der Waals surface area contributed by atoms with Gasteiger partial charge in [-0.15, -0.1) is 0 Å². The van der Waals surface area contributed by atoms with Crippen molar-refractivity contribution in [2.45, 2.75) is 34.1 Å². The molecule has 0 saturated carbocycles. The Balaban J connectivity index is 3.46. The molecule has 0 heterocycles. The number of nitriles is 1. The molecule has 2 nitrogen and oxygen atoms in total. The molecular weight excluding hydrogens is 148 g/mol. The van der Waals surface area contributed by atoms with Gasteiger partial charge in [0.1, 0.15) is 0 Å². The monoisotopic (exact) mass is 168 g/mol. The fraction of sp³-hybridized carbons (Fsp3) is 0.900.